The molecule has 2 aromatic rings. The van der Waals surface area contributed by atoms with Crippen LogP contribution < -0.4 is 10.6 Å². The average Bonchev–Trinajstić information content (AvgIpc) is 2.44. The molecule has 104 valence electrons. The van der Waals surface area contributed by atoms with Crippen molar-refractivity contribution in [2.75, 3.05) is 10.6 Å². The summed E-state index contributed by atoms with van der Waals surface area (Å²) in [6.07, 6.45) is 0. The molecule has 2 aromatic carbocycles. The van der Waals surface area contributed by atoms with Crippen molar-refractivity contribution in [3.63, 3.8) is 0 Å². The number of carbonyl (C=O) groups is 1. The van der Waals surface area contributed by atoms with Gasteiger partial charge in [0.05, 0.1) is 0 Å². The summed E-state index contributed by atoms with van der Waals surface area (Å²) < 4.78 is 0.975. The van der Waals surface area contributed by atoms with Gasteiger partial charge in [-0.1, -0.05) is 27.5 Å². The highest BCUT2D eigenvalue weighted by Crippen LogP contribution is 2.16. The third-order valence-corrected chi connectivity index (χ3v) is 3.51. The van der Waals surface area contributed by atoms with Crippen molar-refractivity contribution in [2.24, 2.45) is 0 Å². The fourth-order valence-corrected chi connectivity index (χ4v) is 2.04. The molecule has 0 heterocycles. The molecule has 0 aliphatic heterocycles. The Balaban J connectivity index is 1.94. The largest absolute Gasteiger partial charge is 0.374 e. The second-order valence-electron chi connectivity index (χ2n) is 4.37. The summed E-state index contributed by atoms with van der Waals surface area (Å²) in [7, 11) is 0. The van der Waals surface area contributed by atoms with Gasteiger partial charge in [-0.2, -0.15) is 0 Å². The van der Waals surface area contributed by atoms with Crippen LogP contribution in [-0.4, -0.2) is 11.9 Å². The van der Waals surface area contributed by atoms with Crippen molar-refractivity contribution in [3.8, 4) is 0 Å². The van der Waals surface area contributed by atoms with Gasteiger partial charge in [0.1, 0.15) is 6.04 Å². The zero-order chi connectivity index (χ0) is 14.5. The molecular formula is C15H14BrClN2O. The van der Waals surface area contributed by atoms with Gasteiger partial charge in [-0.05, 0) is 55.5 Å². The highest BCUT2D eigenvalue weighted by Gasteiger charge is 2.12. The molecule has 0 saturated heterocycles. The van der Waals surface area contributed by atoms with Crippen molar-refractivity contribution < 1.29 is 4.79 Å². The molecule has 20 heavy (non-hydrogen) atoms. The van der Waals surface area contributed by atoms with E-state index in [0.29, 0.717) is 5.02 Å². The molecule has 1 unspecified atom stereocenters. The number of amides is 1. The van der Waals surface area contributed by atoms with Gasteiger partial charge in [0, 0.05) is 20.9 Å². The zero-order valence-corrected chi connectivity index (χ0v) is 13.2. The maximum absolute atomic E-state index is 12.1. The summed E-state index contributed by atoms with van der Waals surface area (Å²) in [5, 5.41) is 6.64. The van der Waals surface area contributed by atoms with Gasteiger partial charge in [-0.25, -0.2) is 0 Å². The first-order chi connectivity index (χ1) is 9.54. The van der Waals surface area contributed by atoms with Crippen LogP contribution in [0.3, 0.4) is 0 Å². The van der Waals surface area contributed by atoms with Crippen molar-refractivity contribution >= 4 is 44.8 Å². The van der Waals surface area contributed by atoms with Crippen LogP contribution in [0, 0.1) is 0 Å². The van der Waals surface area contributed by atoms with Crippen LogP contribution in [0.15, 0.2) is 53.0 Å². The summed E-state index contributed by atoms with van der Waals surface area (Å²) in [6, 6.07) is 14.3. The van der Waals surface area contributed by atoms with Crippen LogP contribution >= 0.6 is 27.5 Å². The Morgan fingerprint density at radius 2 is 1.60 bits per heavy atom. The molecule has 2 rings (SSSR count). The highest BCUT2D eigenvalue weighted by atomic mass is 79.9. The first-order valence-corrected chi connectivity index (χ1v) is 7.30. The molecule has 3 nitrogen and oxygen atoms in total. The first-order valence-electron chi connectivity index (χ1n) is 6.13. The highest BCUT2D eigenvalue weighted by molar-refractivity contribution is 9.10. The van der Waals surface area contributed by atoms with Crippen LogP contribution in [0.4, 0.5) is 11.4 Å². The summed E-state index contributed by atoms with van der Waals surface area (Å²) in [5.74, 6) is -0.0951. The van der Waals surface area contributed by atoms with Crippen molar-refractivity contribution in [1.29, 1.82) is 0 Å². The molecule has 0 bridgehead atoms. The number of hydrogen-bond acceptors (Lipinski definition) is 2. The third kappa shape index (κ3) is 4.25. The van der Waals surface area contributed by atoms with Crippen molar-refractivity contribution in [2.45, 2.75) is 13.0 Å². The monoisotopic (exact) mass is 352 g/mol. The van der Waals surface area contributed by atoms with Crippen molar-refractivity contribution in [1.82, 2.24) is 0 Å². The lowest BCUT2D eigenvalue weighted by molar-refractivity contribution is -0.116. The number of hydrogen-bond donors (Lipinski definition) is 2. The maximum atomic E-state index is 12.1. The minimum atomic E-state index is -0.347. The molecule has 0 saturated carbocycles. The van der Waals surface area contributed by atoms with E-state index < -0.39 is 0 Å². The van der Waals surface area contributed by atoms with E-state index in [2.05, 4.69) is 26.6 Å². The fourth-order valence-electron chi connectivity index (χ4n) is 1.65. The van der Waals surface area contributed by atoms with Crippen LogP contribution in [-0.2, 0) is 4.79 Å². The molecule has 2 N–H and O–H groups in total. The predicted octanol–water partition coefficient (Wildman–Crippen LogP) is 4.54. The quantitative estimate of drug-likeness (QED) is 0.847. The number of anilines is 2. The predicted molar refractivity (Wildman–Crippen MR) is 87.3 cm³/mol. The van der Waals surface area contributed by atoms with E-state index >= 15 is 0 Å². The Bertz CT molecular complexity index is 584. The number of nitrogens with one attached hydrogen (secondary N) is 2. The Morgan fingerprint density at radius 3 is 2.20 bits per heavy atom. The van der Waals surface area contributed by atoms with Gasteiger partial charge in [0.15, 0.2) is 0 Å². The Hall–Kier alpha value is -1.52. The summed E-state index contributed by atoms with van der Waals surface area (Å²) in [6.45, 7) is 1.81. The number of carbonyl (C=O) groups excluding carboxylic acids is 1. The van der Waals surface area contributed by atoms with Crippen LogP contribution in [0.2, 0.25) is 5.02 Å². The molecule has 0 aliphatic carbocycles. The van der Waals surface area contributed by atoms with Gasteiger partial charge >= 0.3 is 0 Å². The molecule has 0 radical (unpaired) electrons. The van der Waals surface area contributed by atoms with Gasteiger partial charge in [0.25, 0.3) is 0 Å². The van der Waals surface area contributed by atoms with E-state index in [1.54, 1.807) is 12.1 Å². The number of benzene rings is 2. The Kier molecular flexibility index (Phi) is 5.04. The van der Waals surface area contributed by atoms with Crippen LogP contribution in [0.25, 0.3) is 0 Å². The fraction of sp³-hybridized carbons (Fsp3) is 0.133. The van der Waals surface area contributed by atoms with Gasteiger partial charge in [-0.3, -0.25) is 4.79 Å². The lowest BCUT2D eigenvalue weighted by Gasteiger charge is -2.15. The maximum Gasteiger partial charge on any atom is 0.246 e. The van der Waals surface area contributed by atoms with E-state index in [4.69, 9.17) is 11.6 Å². The second kappa shape index (κ2) is 6.77. The minimum absolute atomic E-state index is 0.0951. The molecular weight excluding hydrogens is 340 g/mol. The first kappa shape index (κ1) is 14.9. The topological polar surface area (TPSA) is 41.1 Å². The lowest BCUT2D eigenvalue weighted by atomic mass is 10.2. The SMILES string of the molecule is CC(Nc1ccc(Cl)cc1)C(=O)Nc1ccc(Br)cc1. The number of halogens is 2. The summed E-state index contributed by atoms with van der Waals surface area (Å²) in [4.78, 5) is 12.1. The molecule has 0 aliphatic rings. The lowest BCUT2D eigenvalue weighted by Crippen LogP contribution is -2.31. The average molecular weight is 354 g/mol. The standard InChI is InChI=1S/C15H14BrClN2O/c1-10(18-13-8-4-12(17)5-9-13)15(20)19-14-6-2-11(16)3-7-14/h2-10,18H,1H3,(H,19,20). The van der Waals surface area contributed by atoms with Gasteiger partial charge < -0.3 is 10.6 Å². The van der Waals surface area contributed by atoms with E-state index in [1.165, 1.54) is 0 Å². The summed E-state index contributed by atoms with van der Waals surface area (Å²) >= 11 is 9.17. The normalized spacial score (nSPS) is 11.8. The van der Waals surface area contributed by atoms with Gasteiger partial charge in [0.2, 0.25) is 5.91 Å². The zero-order valence-electron chi connectivity index (χ0n) is 10.9. The van der Waals surface area contributed by atoms with E-state index in [-0.39, 0.29) is 11.9 Å². The minimum Gasteiger partial charge on any atom is -0.374 e. The van der Waals surface area contributed by atoms with Crippen molar-refractivity contribution in [3.05, 3.63) is 58.0 Å². The Morgan fingerprint density at radius 1 is 1.05 bits per heavy atom. The van der Waals surface area contributed by atoms with E-state index in [1.807, 2.05) is 43.3 Å². The van der Waals surface area contributed by atoms with Crippen LogP contribution in [0.1, 0.15) is 6.92 Å². The summed E-state index contributed by atoms with van der Waals surface area (Å²) in [5.41, 5.74) is 1.62. The molecule has 1 atom stereocenters. The Labute approximate surface area is 131 Å². The molecule has 5 heteroatoms. The second-order valence-corrected chi connectivity index (χ2v) is 5.72. The van der Waals surface area contributed by atoms with Crippen LogP contribution in [0.5, 0.6) is 0 Å². The smallest absolute Gasteiger partial charge is 0.246 e. The molecule has 0 fully saturated rings. The molecule has 0 aromatic heterocycles. The third-order valence-electron chi connectivity index (χ3n) is 2.73. The molecule has 0 spiro atoms. The van der Waals surface area contributed by atoms with Gasteiger partial charge in [-0.15, -0.1) is 0 Å². The number of rotatable bonds is 4. The van der Waals surface area contributed by atoms with E-state index in [9.17, 15) is 4.79 Å². The molecule has 1 amide bonds. The van der Waals surface area contributed by atoms with E-state index in [0.717, 1.165) is 15.8 Å².